The number of nitrogens with two attached hydrogens (primary N) is 1. The molecule has 0 atom stereocenters. The van der Waals surface area contributed by atoms with E-state index in [9.17, 15) is 0 Å². The molecule has 0 aliphatic carbocycles. The van der Waals surface area contributed by atoms with Crippen LogP contribution in [0.5, 0.6) is 0 Å². The first kappa shape index (κ1) is 15.9. The van der Waals surface area contributed by atoms with Crippen LogP contribution in [0.15, 0.2) is 0 Å². The highest BCUT2D eigenvalue weighted by Crippen LogP contribution is 2.18. The lowest BCUT2D eigenvalue weighted by Gasteiger charge is -2.20. The van der Waals surface area contributed by atoms with Gasteiger partial charge in [0.2, 0.25) is 0 Å². The number of nitrogens with one attached hydrogen (secondary N) is 1. The van der Waals surface area contributed by atoms with Crippen molar-refractivity contribution in [3.8, 4) is 0 Å². The van der Waals surface area contributed by atoms with Crippen LogP contribution in [-0.2, 0) is 7.05 Å². The zero-order chi connectivity index (χ0) is 14.4. The fourth-order valence-corrected chi connectivity index (χ4v) is 2.48. The second-order valence-electron chi connectivity index (χ2n) is 4.66. The highest BCUT2D eigenvalue weighted by Gasteiger charge is 2.15. The van der Waals surface area contributed by atoms with Gasteiger partial charge < -0.3 is 16.0 Å². The lowest BCUT2D eigenvalue weighted by atomic mass is 10.2. The van der Waals surface area contributed by atoms with Crippen molar-refractivity contribution >= 4 is 23.0 Å². The van der Waals surface area contributed by atoms with Crippen LogP contribution in [0.25, 0.3) is 0 Å². The van der Waals surface area contributed by atoms with E-state index < -0.39 is 0 Å². The molecule has 0 unspecified atom stereocenters. The minimum absolute atomic E-state index is 0.397. The van der Waals surface area contributed by atoms with Gasteiger partial charge in [0.25, 0.3) is 0 Å². The second-order valence-corrected chi connectivity index (χ2v) is 5.10. The zero-order valence-electron chi connectivity index (χ0n) is 12.4. The Morgan fingerprint density at radius 2 is 2.11 bits per heavy atom. The first-order valence-electron chi connectivity index (χ1n) is 6.80. The molecule has 1 rings (SSSR count). The van der Waals surface area contributed by atoms with E-state index in [1.165, 1.54) is 6.42 Å². The third kappa shape index (κ3) is 4.18. The molecule has 0 radical (unpaired) electrons. The van der Waals surface area contributed by atoms with Crippen LogP contribution in [0.4, 0.5) is 5.82 Å². The Labute approximate surface area is 121 Å². The van der Waals surface area contributed by atoms with Crippen LogP contribution in [0.1, 0.15) is 31.5 Å². The van der Waals surface area contributed by atoms with Gasteiger partial charge in [-0.25, -0.2) is 0 Å². The highest BCUT2D eigenvalue weighted by molar-refractivity contribution is 7.80. The maximum atomic E-state index is 5.76. The molecule has 1 aromatic heterocycles. The normalized spacial score (nSPS) is 11.0. The van der Waals surface area contributed by atoms with Crippen LogP contribution in [0.3, 0.4) is 0 Å². The van der Waals surface area contributed by atoms with Gasteiger partial charge in [0.15, 0.2) is 0 Å². The maximum absolute atomic E-state index is 5.76. The number of rotatable bonds is 8. The average Bonchev–Trinajstić information content (AvgIpc) is 2.63. The summed E-state index contributed by atoms with van der Waals surface area (Å²) >= 11 is 5.09. The summed E-state index contributed by atoms with van der Waals surface area (Å²) < 4.78 is 1.81. The Kier molecular flexibility index (Phi) is 6.24. The van der Waals surface area contributed by atoms with E-state index in [0.717, 1.165) is 43.3 Å². The van der Waals surface area contributed by atoms with Crippen molar-refractivity contribution < 1.29 is 0 Å². The van der Waals surface area contributed by atoms with Crippen LogP contribution >= 0.6 is 12.2 Å². The molecule has 19 heavy (non-hydrogen) atoms. The summed E-state index contributed by atoms with van der Waals surface area (Å²) in [6.45, 7) is 10.4. The molecule has 0 aromatic carbocycles. The van der Waals surface area contributed by atoms with Gasteiger partial charge in [0, 0.05) is 20.1 Å². The van der Waals surface area contributed by atoms with E-state index in [4.69, 9.17) is 18.0 Å². The van der Waals surface area contributed by atoms with E-state index in [2.05, 4.69) is 29.2 Å². The molecule has 0 bridgehead atoms. The van der Waals surface area contributed by atoms with Crippen molar-refractivity contribution in [2.24, 2.45) is 12.8 Å². The summed E-state index contributed by atoms with van der Waals surface area (Å²) in [6.07, 6.45) is 1.18. The van der Waals surface area contributed by atoms with E-state index in [1.54, 1.807) is 4.68 Å². The van der Waals surface area contributed by atoms with Gasteiger partial charge in [-0.15, -0.1) is 0 Å². The standard InChI is InChI=1S/C13H25N5S/c1-5-8-18(6-2)9-7-15-13-11(12(14)19)10(3)16-17(13)4/h15H,5-9H2,1-4H3,(H2,14,19). The molecule has 0 amide bonds. The minimum atomic E-state index is 0.397. The van der Waals surface area contributed by atoms with E-state index >= 15 is 0 Å². The van der Waals surface area contributed by atoms with E-state index in [0.29, 0.717) is 4.99 Å². The van der Waals surface area contributed by atoms with Gasteiger partial charge in [-0.05, 0) is 26.4 Å². The topological polar surface area (TPSA) is 59.1 Å². The third-order valence-corrected chi connectivity index (χ3v) is 3.38. The average molecular weight is 283 g/mol. The molecule has 3 N–H and O–H groups in total. The SMILES string of the molecule is CCCN(CC)CCNc1c(C(N)=S)c(C)nn1C. The molecule has 1 aromatic rings. The van der Waals surface area contributed by atoms with Crippen molar-refractivity contribution in [1.82, 2.24) is 14.7 Å². The lowest BCUT2D eigenvalue weighted by molar-refractivity contribution is 0.300. The molecule has 0 fully saturated rings. The summed E-state index contributed by atoms with van der Waals surface area (Å²) in [7, 11) is 1.90. The summed E-state index contributed by atoms with van der Waals surface area (Å²) in [5, 5.41) is 7.76. The largest absolute Gasteiger partial charge is 0.389 e. The number of likely N-dealkylation sites (N-methyl/N-ethyl adjacent to an activating group) is 1. The fourth-order valence-electron chi connectivity index (χ4n) is 2.23. The van der Waals surface area contributed by atoms with Gasteiger partial charge in [-0.3, -0.25) is 4.68 Å². The van der Waals surface area contributed by atoms with Gasteiger partial charge in [0.05, 0.1) is 11.3 Å². The predicted molar refractivity (Wildman–Crippen MR) is 84.7 cm³/mol. The smallest absolute Gasteiger partial charge is 0.134 e. The molecule has 108 valence electrons. The Bertz CT molecular complexity index is 427. The quantitative estimate of drug-likeness (QED) is 0.708. The minimum Gasteiger partial charge on any atom is -0.389 e. The molecule has 6 heteroatoms. The number of hydrogen-bond acceptors (Lipinski definition) is 4. The van der Waals surface area contributed by atoms with Gasteiger partial charge in [0.1, 0.15) is 10.8 Å². The Morgan fingerprint density at radius 1 is 1.42 bits per heavy atom. The lowest BCUT2D eigenvalue weighted by Crippen LogP contribution is -2.30. The third-order valence-electron chi connectivity index (χ3n) is 3.18. The monoisotopic (exact) mass is 283 g/mol. The van der Waals surface area contributed by atoms with Crippen LogP contribution in [-0.4, -0.2) is 45.8 Å². The molecule has 0 saturated heterocycles. The van der Waals surface area contributed by atoms with E-state index in [-0.39, 0.29) is 0 Å². The summed E-state index contributed by atoms with van der Waals surface area (Å²) in [4.78, 5) is 2.81. The van der Waals surface area contributed by atoms with Crippen molar-refractivity contribution in [1.29, 1.82) is 0 Å². The molecular formula is C13H25N5S. The van der Waals surface area contributed by atoms with Crippen LogP contribution < -0.4 is 11.1 Å². The van der Waals surface area contributed by atoms with Gasteiger partial charge in [-0.2, -0.15) is 5.10 Å². The van der Waals surface area contributed by atoms with Crippen LogP contribution in [0, 0.1) is 6.92 Å². The van der Waals surface area contributed by atoms with Gasteiger partial charge in [-0.1, -0.05) is 26.1 Å². The number of nitrogens with zero attached hydrogens (tertiary/aromatic N) is 3. The van der Waals surface area contributed by atoms with Crippen molar-refractivity contribution in [3.05, 3.63) is 11.3 Å². The summed E-state index contributed by atoms with van der Waals surface area (Å²) in [5.41, 5.74) is 7.49. The molecule has 0 spiro atoms. The first-order chi connectivity index (χ1) is 9.01. The number of hydrogen-bond donors (Lipinski definition) is 2. The second kappa shape index (κ2) is 7.45. The fraction of sp³-hybridized carbons (Fsp3) is 0.692. The molecule has 0 saturated carbocycles. The molecule has 0 aliphatic rings. The van der Waals surface area contributed by atoms with Crippen molar-refractivity contribution in [3.63, 3.8) is 0 Å². The number of thiocarbonyl (C=S) groups is 1. The Morgan fingerprint density at radius 3 is 2.63 bits per heavy atom. The van der Waals surface area contributed by atoms with Gasteiger partial charge >= 0.3 is 0 Å². The zero-order valence-corrected chi connectivity index (χ0v) is 13.2. The highest BCUT2D eigenvalue weighted by atomic mass is 32.1. The number of aryl methyl sites for hydroxylation is 2. The predicted octanol–water partition coefficient (Wildman–Crippen LogP) is 1.51. The maximum Gasteiger partial charge on any atom is 0.134 e. The van der Waals surface area contributed by atoms with Crippen molar-refractivity contribution in [2.75, 3.05) is 31.5 Å². The first-order valence-corrected chi connectivity index (χ1v) is 7.21. The van der Waals surface area contributed by atoms with Crippen molar-refractivity contribution in [2.45, 2.75) is 27.2 Å². The number of aromatic nitrogens is 2. The Balaban J connectivity index is 2.65. The van der Waals surface area contributed by atoms with E-state index in [1.807, 2.05) is 14.0 Å². The Hall–Kier alpha value is -1.14. The van der Waals surface area contributed by atoms with Crippen LogP contribution in [0.2, 0.25) is 0 Å². The number of anilines is 1. The molecular weight excluding hydrogens is 258 g/mol. The molecule has 5 nitrogen and oxygen atoms in total. The molecule has 0 aliphatic heterocycles. The summed E-state index contributed by atoms with van der Waals surface area (Å²) in [6, 6.07) is 0. The summed E-state index contributed by atoms with van der Waals surface area (Å²) in [5.74, 6) is 0.914. The molecule has 1 heterocycles.